The fourth-order valence-electron chi connectivity index (χ4n) is 2.41. The molecule has 1 N–H and O–H groups in total. The van der Waals surface area contributed by atoms with Gasteiger partial charge in [0.1, 0.15) is 24.2 Å². The predicted octanol–water partition coefficient (Wildman–Crippen LogP) is 0.838. The molecular formula is C15H18FN5O3. The molecule has 0 saturated heterocycles. The minimum absolute atomic E-state index is 0.151. The van der Waals surface area contributed by atoms with Crippen LogP contribution in [-0.4, -0.2) is 55.2 Å². The number of tetrazole rings is 1. The van der Waals surface area contributed by atoms with Crippen LogP contribution in [0.25, 0.3) is 0 Å². The first kappa shape index (κ1) is 17.5. The van der Waals surface area contributed by atoms with Crippen LogP contribution in [-0.2, 0) is 16.0 Å². The molecule has 2 aromatic rings. The van der Waals surface area contributed by atoms with Crippen LogP contribution in [0.4, 0.5) is 4.39 Å². The summed E-state index contributed by atoms with van der Waals surface area (Å²) in [4.78, 5) is 25.0. The van der Waals surface area contributed by atoms with Crippen molar-refractivity contribution in [2.75, 3.05) is 13.1 Å². The molecule has 0 fully saturated rings. The lowest BCUT2D eigenvalue weighted by molar-refractivity contribution is -0.146. The van der Waals surface area contributed by atoms with Gasteiger partial charge in [-0.3, -0.25) is 9.59 Å². The van der Waals surface area contributed by atoms with Crippen molar-refractivity contribution in [2.24, 2.45) is 0 Å². The molecule has 1 amide bonds. The van der Waals surface area contributed by atoms with Crippen LogP contribution >= 0.6 is 0 Å². The normalized spacial score (nSPS) is 12.0. The number of amides is 1. The van der Waals surface area contributed by atoms with Crippen LogP contribution in [0.2, 0.25) is 0 Å². The van der Waals surface area contributed by atoms with Gasteiger partial charge in [-0.15, -0.1) is 5.10 Å². The molecule has 0 bridgehead atoms. The second kappa shape index (κ2) is 7.62. The number of aromatic nitrogens is 4. The fourth-order valence-corrected chi connectivity index (χ4v) is 2.41. The smallest absolute Gasteiger partial charge is 0.323 e. The van der Waals surface area contributed by atoms with Gasteiger partial charge in [0.25, 0.3) is 0 Å². The predicted molar refractivity (Wildman–Crippen MR) is 81.6 cm³/mol. The van der Waals surface area contributed by atoms with E-state index in [0.29, 0.717) is 11.4 Å². The number of halogens is 1. The largest absolute Gasteiger partial charge is 0.480 e. The minimum atomic E-state index is -1.11. The summed E-state index contributed by atoms with van der Waals surface area (Å²) in [6, 6.07) is 5.03. The molecule has 0 aliphatic carbocycles. The molecule has 0 radical (unpaired) electrons. The van der Waals surface area contributed by atoms with Gasteiger partial charge in [-0.25, -0.2) is 9.07 Å². The van der Waals surface area contributed by atoms with Crippen LogP contribution < -0.4 is 0 Å². The van der Waals surface area contributed by atoms with Crippen molar-refractivity contribution in [3.05, 3.63) is 41.5 Å². The van der Waals surface area contributed by atoms with Crippen molar-refractivity contribution < 1.29 is 19.1 Å². The highest BCUT2D eigenvalue weighted by atomic mass is 19.1. The quantitative estimate of drug-likeness (QED) is 0.804. The lowest BCUT2D eigenvalue weighted by atomic mass is 10.0. The van der Waals surface area contributed by atoms with Gasteiger partial charge >= 0.3 is 5.97 Å². The van der Waals surface area contributed by atoms with Crippen LogP contribution in [0.15, 0.2) is 24.3 Å². The SMILES string of the molecule is CCN(CC(=O)O)C(=O)C(Cc1cccc(F)c1)n1nnnc1C. The summed E-state index contributed by atoms with van der Waals surface area (Å²) in [5, 5.41) is 20.1. The van der Waals surface area contributed by atoms with E-state index in [1.54, 1.807) is 26.0 Å². The van der Waals surface area contributed by atoms with E-state index in [9.17, 15) is 14.0 Å². The molecule has 1 aromatic carbocycles. The number of carbonyl (C=O) groups is 2. The van der Waals surface area contributed by atoms with Crippen LogP contribution in [0.1, 0.15) is 24.4 Å². The Balaban J connectivity index is 2.34. The third-order valence-corrected chi connectivity index (χ3v) is 3.58. The van der Waals surface area contributed by atoms with E-state index in [1.807, 2.05) is 0 Å². The number of hydrogen-bond donors (Lipinski definition) is 1. The van der Waals surface area contributed by atoms with E-state index in [-0.39, 0.29) is 13.0 Å². The maximum Gasteiger partial charge on any atom is 0.323 e. The molecule has 1 heterocycles. The number of nitrogens with zero attached hydrogens (tertiary/aromatic N) is 5. The molecule has 2 rings (SSSR count). The monoisotopic (exact) mass is 335 g/mol. The van der Waals surface area contributed by atoms with Crippen molar-refractivity contribution in [3.8, 4) is 0 Å². The van der Waals surface area contributed by atoms with Crippen LogP contribution in [0, 0.1) is 12.7 Å². The lowest BCUT2D eigenvalue weighted by Crippen LogP contribution is -2.41. The third kappa shape index (κ3) is 4.12. The van der Waals surface area contributed by atoms with Gasteiger partial charge < -0.3 is 10.0 Å². The number of carboxylic acid groups (broad SMARTS) is 1. The second-order valence-electron chi connectivity index (χ2n) is 5.27. The van der Waals surface area contributed by atoms with Gasteiger partial charge in [-0.2, -0.15) is 0 Å². The highest BCUT2D eigenvalue weighted by Crippen LogP contribution is 2.18. The van der Waals surface area contributed by atoms with E-state index in [4.69, 9.17) is 5.11 Å². The first-order valence-electron chi connectivity index (χ1n) is 7.41. The van der Waals surface area contributed by atoms with Gasteiger partial charge in [0.15, 0.2) is 0 Å². The van der Waals surface area contributed by atoms with Gasteiger partial charge in [0.2, 0.25) is 5.91 Å². The second-order valence-corrected chi connectivity index (χ2v) is 5.27. The molecule has 1 unspecified atom stereocenters. The van der Waals surface area contributed by atoms with Crippen molar-refractivity contribution in [2.45, 2.75) is 26.3 Å². The van der Waals surface area contributed by atoms with E-state index < -0.39 is 30.3 Å². The topological polar surface area (TPSA) is 101 Å². The van der Waals surface area contributed by atoms with Gasteiger partial charge in [0, 0.05) is 13.0 Å². The number of benzene rings is 1. The summed E-state index contributed by atoms with van der Waals surface area (Å²) >= 11 is 0. The summed E-state index contributed by atoms with van der Waals surface area (Å²) in [5.41, 5.74) is 0.592. The summed E-state index contributed by atoms with van der Waals surface area (Å²) in [7, 11) is 0. The summed E-state index contributed by atoms with van der Waals surface area (Å²) in [6.45, 7) is 3.13. The van der Waals surface area contributed by atoms with Crippen molar-refractivity contribution in [1.82, 2.24) is 25.1 Å². The Bertz CT molecular complexity index is 733. The molecule has 24 heavy (non-hydrogen) atoms. The number of rotatable bonds is 7. The van der Waals surface area contributed by atoms with Crippen LogP contribution in [0.5, 0.6) is 0 Å². The fraction of sp³-hybridized carbons (Fsp3) is 0.400. The highest BCUT2D eigenvalue weighted by Gasteiger charge is 2.29. The molecule has 128 valence electrons. The molecule has 0 aliphatic heterocycles. The average molecular weight is 335 g/mol. The Morgan fingerprint density at radius 1 is 1.42 bits per heavy atom. The molecule has 0 saturated carbocycles. The number of hydrogen-bond acceptors (Lipinski definition) is 5. The van der Waals surface area contributed by atoms with Gasteiger partial charge in [0.05, 0.1) is 0 Å². The first-order valence-corrected chi connectivity index (χ1v) is 7.41. The molecule has 0 aliphatic rings. The lowest BCUT2D eigenvalue weighted by Gasteiger charge is -2.25. The van der Waals surface area contributed by atoms with Crippen molar-refractivity contribution in [3.63, 3.8) is 0 Å². The standard InChI is InChI=1S/C15H18FN5O3/c1-3-20(9-14(22)23)15(24)13(21-10(2)17-18-19-21)8-11-5-4-6-12(16)7-11/h4-7,13H,3,8-9H2,1-2H3,(H,22,23). The van der Waals surface area contributed by atoms with E-state index in [1.165, 1.54) is 21.7 Å². The molecule has 1 atom stereocenters. The Kier molecular flexibility index (Phi) is 5.56. The zero-order valence-electron chi connectivity index (χ0n) is 13.4. The maximum absolute atomic E-state index is 13.4. The zero-order chi connectivity index (χ0) is 17.7. The Hall–Kier alpha value is -2.84. The van der Waals surface area contributed by atoms with Crippen molar-refractivity contribution >= 4 is 11.9 Å². The van der Waals surface area contributed by atoms with Gasteiger partial charge in [-0.05, 0) is 42.0 Å². The van der Waals surface area contributed by atoms with E-state index in [0.717, 1.165) is 0 Å². The number of aliphatic carboxylic acids is 1. The van der Waals surface area contributed by atoms with Gasteiger partial charge in [-0.1, -0.05) is 12.1 Å². The Labute approximate surface area is 137 Å². The summed E-state index contributed by atoms with van der Waals surface area (Å²) in [6.07, 6.45) is 0.151. The minimum Gasteiger partial charge on any atom is -0.480 e. The Morgan fingerprint density at radius 2 is 2.17 bits per heavy atom. The van der Waals surface area contributed by atoms with E-state index in [2.05, 4.69) is 15.5 Å². The molecule has 0 spiro atoms. The average Bonchev–Trinajstić information content (AvgIpc) is 2.95. The van der Waals surface area contributed by atoms with E-state index >= 15 is 0 Å². The number of carboxylic acids is 1. The van der Waals surface area contributed by atoms with Crippen molar-refractivity contribution in [1.29, 1.82) is 0 Å². The molecule has 1 aromatic heterocycles. The maximum atomic E-state index is 13.4. The molecular weight excluding hydrogens is 317 g/mol. The number of likely N-dealkylation sites (N-methyl/N-ethyl adjacent to an activating group) is 1. The highest BCUT2D eigenvalue weighted by molar-refractivity contribution is 5.84. The van der Waals surface area contributed by atoms with Crippen LogP contribution in [0.3, 0.4) is 0 Å². The summed E-state index contributed by atoms with van der Waals surface area (Å²) in [5.74, 6) is -1.54. The third-order valence-electron chi connectivity index (χ3n) is 3.58. The Morgan fingerprint density at radius 3 is 2.71 bits per heavy atom. The molecule has 9 heteroatoms. The zero-order valence-corrected chi connectivity index (χ0v) is 13.4. The molecule has 8 nitrogen and oxygen atoms in total. The summed E-state index contributed by atoms with van der Waals surface area (Å²) < 4.78 is 14.7. The first-order chi connectivity index (χ1) is 11.4. The number of aryl methyl sites for hydroxylation is 1. The number of carbonyl (C=O) groups excluding carboxylic acids is 1.